The van der Waals surface area contributed by atoms with Crippen molar-refractivity contribution in [3.05, 3.63) is 71.8 Å². The lowest BCUT2D eigenvalue weighted by atomic mass is 9.95. The largest absolute Gasteiger partial charge is 0.465 e. The normalized spacial score (nSPS) is 28.2. The van der Waals surface area contributed by atoms with Crippen LogP contribution in [0.15, 0.2) is 60.7 Å². The van der Waals surface area contributed by atoms with E-state index in [0.29, 0.717) is 45.5 Å². The van der Waals surface area contributed by atoms with Gasteiger partial charge in [-0.2, -0.15) is 0 Å². The first-order chi connectivity index (χ1) is 19.8. The second-order valence-corrected chi connectivity index (χ2v) is 11.2. The molecule has 0 unspecified atom stereocenters. The molecule has 5 N–H and O–H groups in total. The van der Waals surface area contributed by atoms with Gasteiger partial charge in [0, 0.05) is 38.6 Å². The van der Waals surface area contributed by atoms with Gasteiger partial charge < -0.3 is 30.3 Å². The van der Waals surface area contributed by atoms with E-state index in [1.165, 1.54) is 5.56 Å². The number of benzene rings is 2. The molecule has 5 rings (SSSR count). The highest BCUT2D eigenvalue weighted by Crippen LogP contribution is 2.22. The zero-order valence-corrected chi connectivity index (χ0v) is 24.2. The quantitative estimate of drug-likeness (QED) is 0.316. The minimum Gasteiger partial charge on any atom is -0.465 e. The lowest BCUT2D eigenvalue weighted by Crippen LogP contribution is -2.36. The number of nitrogens with zero attached hydrogens (tertiary/aromatic N) is 2. The summed E-state index contributed by atoms with van der Waals surface area (Å²) in [5, 5.41) is 46.3. The number of aliphatic hydroxyl groups excluding tert-OH is 5. The highest BCUT2D eigenvalue weighted by molar-refractivity contribution is 5.76. The third-order valence-corrected chi connectivity index (χ3v) is 7.73. The molecule has 0 bridgehead atoms. The topological polar surface area (TPSA) is 134 Å². The van der Waals surface area contributed by atoms with Crippen molar-refractivity contribution in [2.75, 3.05) is 26.3 Å². The smallest absolute Gasteiger partial charge is 0.323 e. The summed E-state index contributed by atoms with van der Waals surface area (Å²) >= 11 is 0. The van der Waals surface area contributed by atoms with Gasteiger partial charge in [-0.1, -0.05) is 60.7 Å². The van der Waals surface area contributed by atoms with Crippen molar-refractivity contribution in [2.45, 2.75) is 95.0 Å². The molecular formula is C32H48N2O7. The molecular weight excluding hydrogens is 524 g/mol. The van der Waals surface area contributed by atoms with Gasteiger partial charge in [0.1, 0.15) is 6.04 Å². The van der Waals surface area contributed by atoms with Crippen LogP contribution in [-0.2, 0) is 22.6 Å². The summed E-state index contributed by atoms with van der Waals surface area (Å²) in [7, 11) is 0. The van der Waals surface area contributed by atoms with E-state index in [0.717, 1.165) is 31.4 Å². The van der Waals surface area contributed by atoms with E-state index in [9.17, 15) is 20.1 Å². The Bertz CT molecular complexity index is 988. The van der Waals surface area contributed by atoms with E-state index < -0.39 is 6.10 Å². The second kappa shape index (κ2) is 17.6. The van der Waals surface area contributed by atoms with Crippen molar-refractivity contribution < 1.29 is 35.1 Å². The number of carbonyl (C=O) groups is 1. The average molecular weight is 573 g/mol. The third kappa shape index (κ3) is 11.4. The fourth-order valence-corrected chi connectivity index (χ4v) is 5.65. The number of likely N-dealkylation sites (tertiary alicyclic amines) is 2. The van der Waals surface area contributed by atoms with Gasteiger partial charge in [-0.05, 0) is 50.2 Å². The van der Waals surface area contributed by atoms with Crippen LogP contribution in [0, 0.1) is 0 Å². The Kier molecular flexibility index (Phi) is 14.2. The number of carbonyl (C=O) groups excluding carboxylic acids is 1. The van der Waals surface area contributed by atoms with Crippen molar-refractivity contribution in [3.8, 4) is 0 Å². The predicted molar refractivity (Wildman–Crippen MR) is 157 cm³/mol. The van der Waals surface area contributed by atoms with Crippen LogP contribution in [-0.4, -0.2) is 104 Å². The predicted octanol–water partition coefficient (Wildman–Crippen LogP) is 2.08. The van der Waals surface area contributed by atoms with Crippen LogP contribution >= 0.6 is 0 Å². The lowest BCUT2D eigenvalue weighted by molar-refractivity contribution is -0.148. The highest BCUT2D eigenvalue weighted by atomic mass is 16.5. The Balaban J connectivity index is 0.000000181. The SMILES string of the molecule is CCOC(=O)[C@H]1C[C@@H](O)CN1Cc1ccccc1.OC[C@H]1C[C@@H](O)CN1Cc1ccccc1.O[C@@H]1CCC[C@H](O)C1. The van der Waals surface area contributed by atoms with Crippen LogP contribution < -0.4 is 0 Å². The van der Waals surface area contributed by atoms with Gasteiger partial charge in [-0.15, -0.1) is 0 Å². The van der Waals surface area contributed by atoms with Gasteiger partial charge in [0.15, 0.2) is 0 Å². The van der Waals surface area contributed by atoms with E-state index in [4.69, 9.17) is 14.9 Å². The third-order valence-electron chi connectivity index (χ3n) is 7.73. The zero-order valence-electron chi connectivity index (χ0n) is 24.2. The molecule has 1 aliphatic carbocycles. The summed E-state index contributed by atoms with van der Waals surface area (Å²) in [4.78, 5) is 15.9. The Labute approximate surface area is 244 Å². The number of hydrogen-bond acceptors (Lipinski definition) is 9. The molecule has 2 aromatic carbocycles. The standard InChI is InChI=1S/C14H19NO3.C12H17NO2.C6H12O2/c1-2-18-14(17)13-8-12(16)10-15(13)9-11-6-4-3-5-7-11;14-9-11-6-12(15)8-13(11)7-10-4-2-1-3-5-10;7-5-2-1-3-6(8)4-5/h3-7,12-13,16H,2,8-10H2,1H3;1-5,11-12,14-15H,6-9H2;5-8H,1-4H2/t12-,13-;11-,12-;5-,6+/m11./s1. The van der Waals surface area contributed by atoms with Crippen LogP contribution in [0.1, 0.15) is 56.6 Å². The second-order valence-electron chi connectivity index (χ2n) is 11.2. The molecule has 0 radical (unpaired) electrons. The Morgan fingerprint density at radius 2 is 1.27 bits per heavy atom. The molecule has 3 aliphatic rings. The summed E-state index contributed by atoms with van der Waals surface area (Å²) in [5.41, 5.74) is 2.37. The van der Waals surface area contributed by atoms with E-state index >= 15 is 0 Å². The number of hydrogen-bond donors (Lipinski definition) is 5. The van der Waals surface area contributed by atoms with Crippen molar-refractivity contribution in [1.29, 1.82) is 0 Å². The van der Waals surface area contributed by atoms with Crippen LogP contribution in [0.4, 0.5) is 0 Å². The summed E-state index contributed by atoms with van der Waals surface area (Å²) in [5.74, 6) is -0.231. The minimum absolute atomic E-state index is 0.111. The van der Waals surface area contributed by atoms with Crippen LogP contribution in [0.5, 0.6) is 0 Å². The van der Waals surface area contributed by atoms with Crippen molar-refractivity contribution in [2.24, 2.45) is 0 Å². The fourth-order valence-electron chi connectivity index (χ4n) is 5.65. The van der Waals surface area contributed by atoms with Gasteiger partial charge >= 0.3 is 5.97 Å². The van der Waals surface area contributed by atoms with Gasteiger partial charge in [-0.3, -0.25) is 14.6 Å². The highest BCUT2D eigenvalue weighted by Gasteiger charge is 2.36. The summed E-state index contributed by atoms with van der Waals surface area (Å²) in [6.45, 7) is 4.97. The molecule has 0 amide bonds. The molecule has 228 valence electrons. The molecule has 1 saturated carbocycles. The van der Waals surface area contributed by atoms with Crippen LogP contribution in [0.3, 0.4) is 0 Å². The molecule has 0 spiro atoms. The first kappa shape index (κ1) is 33.1. The lowest BCUT2D eigenvalue weighted by Gasteiger charge is -2.22. The van der Waals surface area contributed by atoms with E-state index in [1.807, 2.05) is 53.4 Å². The van der Waals surface area contributed by atoms with E-state index in [2.05, 4.69) is 17.0 Å². The summed E-state index contributed by atoms with van der Waals surface area (Å²) < 4.78 is 5.05. The van der Waals surface area contributed by atoms with Crippen molar-refractivity contribution in [3.63, 3.8) is 0 Å². The number of β-amino-alcohol motifs (C(OH)–C–C–N with tert-alkyl or cyclic N) is 2. The molecule has 6 atom stereocenters. The first-order valence-electron chi connectivity index (χ1n) is 14.8. The number of ether oxygens (including phenoxy) is 1. The monoisotopic (exact) mass is 572 g/mol. The molecule has 9 heteroatoms. The molecule has 2 saturated heterocycles. The van der Waals surface area contributed by atoms with Gasteiger partial charge in [0.05, 0.1) is 37.6 Å². The first-order valence-corrected chi connectivity index (χ1v) is 14.8. The Morgan fingerprint density at radius 1 is 0.756 bits per heavy atom. The Morgan fingerprint density at radius 3 is 1.76 bits per heavy atom. The maximum absolute atomic E-state index is 11.8. The summed E-state index contributed by atoms with van der Waals surface area (Å²) in [6.07, 6.45) is 3.25. The van der Waals surface area contributed by atoms with Gasteiger partial charge in [0.2, 0.25) is 0 Å². The average Bonchev–Trinajstić information content (AvgIpc) is 3.51. The van der Waals surface area contributed by atoms with Gasteiger partial charge in [0.25, 0.3) is 0 Å². The van der Waals surface area contributed by atoms with Crippen LogP contribution in [0.25, 0.3) is 0 Å². The molecule has 9 nitrogen and oxygen atoms in total. The molecule has 2 aromatic rings. The van der Waals surface area contributed by atoms with Crippen molar-refractivity contribution in [1.82, 2.24) is 9.80 Å². The molecule has 2 aliphatic heterocycles. The fraction of sp³-hybridized carbons (Fsp3) is 0.594. The number of rotatable bonds is 7. The van der Waals surface area contributed by atoms with E-state index in [1.54, 1.807) is 6.92 Å². The number of esters is 1. The maximum atomic E-state index is 11.8. The zero-order chi connectivity index (χ0) is 29.6. The van der Waals surface area contributed by atoms with Crippen LogP contribution in [0.2, 0.25) is 0 Å². The molecule has 3 fully saturated rings. The number of aliphatic hydroxyl groups is 5. The maximum Gasteiger partial charge on any atom is 0.323 e. The van der Waals surface area contributed by atoms with Gasteiger partial charge in [-0.25, -0.2) is 0 Å². The molecule has 2 heterocycles. The van der Waals surface area contributed by atoms with Crippen molar-refractivity contribution >= 4 is 5.97 Å². The molecule has 41 heavy (non-hydrogen) atoms. The Hall–Kier alpha value is -2.37. The van der Waals surface area contributed by atoms with E-state index in [-0.39, 0.29) is 43.0 Å². The minimum atomic E-state index is -0.442. The summed E-state index contributed by atoms with van der Waals surface area (Å²) in [6, 6.07) is 19.9. The molecule has 0 aromatic heterocycles.